The van der Waals surface area contributed by atoms with Crippen LogP contribution in [0.25, 0.3) is 5.69 Å². The highest BCUT2D eigenvalue weighted by molar-refractivity contribution is 6.04. The lowest BCUT2D eigenvalue weighted by Gasteiger charge is -2.11. The van der Waals surface area contributed by atoms with Gasteiger partial charge in [0, 0.05) is 18.8 Å². The van der Waals surface area contributed by atoms with Gasteiger partial charge >= 0.3 is 0 Å². The van der Waals surface area contributed by atoms with Gasteiger partial charge in [-0.2, -0.15) is 5.10 Å². The fraction of sp³-hybridized carbons (Fsp3) is 0.105. The van der Waals surface area contributed by atoms with Crippen LogP contribution >= 0.6 is 0 Å². The van der Waals surface area contributed by atoms with Gasteiger partial charge in [-0.1, -0.05) is 6.07 Å². The van der Waals surface area contributed by atoms with Crippen LogP contribution in [0.3, 0.4) is 0 Å². The second-order valence-corrected chi connectivity index (χ2v) is 5.57. The molecule has 3 aromatic rings. The lowest BCUT2D eigenvalue weighted by atomic mass is 10.1. The predicted octanol–water partition coefficient (Wildman–Crippen LogP) is 2.63. The quantitative estimate of drug-likeness (QED) is 0.725. The van der Waals surface area contributed by atoms with E-state index in [0.717, 1.165) is 0 Å². The number of aromatic nitrogens is 2. The van der Waals surface area contributed by atoms with Gasteiger partial charge in [0.2, 0.25) is 0 Å². The summed E-state index contributed by atoms with van der Waals surface area (Å²) in [7, 11) is 2.98. The molecule has 2 amide bonds. The van der Waals surface area contributed by atoms with Crippen LogP contribution in [0.5, 0.6) is 5.75 Å². The molecule has 0 saturated heterocycles. The summed E-state index contributed by atoms with van der Waals surface area (Å²) >= 11 is 0. The van der Waals surface area contributed by atoms with Gasteiger partial charge in [0.1, 0.15) is 11.6 Å². The Morgan fingerprint density at radius 3 is 2.63 bits per heavy atom. The monoisotopic (exact) mass is 368 g/mol. The topological polar surface area (TPSA) is 85.3 Å². The number of nitrogens with one attached hydrogen (secondary N) is 2. The summed E-state index contributed by atoms with van der Waals surface area (Å²) in [5.41, 5.74) is 1.34. The zero-order valence-corrected chi connectivity index (χ0v) is 14.7. The summed E-state index contributed by atoms with van der Waals surface area (Å²) in [6.45, 7) is 0. The number of carbonyl (C=O) groups excluding carboxylic acids is 2. The van der Waals surface area contributed by atoms with Crippen LogP contribution in [0.15, 0.2) is 54.7 Å². The Balaban J connectivity index is 1.84. The summed E-state index contributed by atoms with van der Waals surface area (Å²) in [4.78, 5) is 24.3. The summed E-state index contributed by atoms with van der Waals surface area (Å²) in [5, 5.41) is 9.36. The fourth-order valence-electron chi connectivity index (χ4n) is 2.49. The largest absolute Gasteiger partial charge is 0.495 e. The molecule has 0 aliphatic heterocycles. The van der Waals surface area contributed by atoms with E-state index in [0.29, 0.717) is 22.7 Å². The Kier molecular flexibility index (Phi) is 5.16. The Morgan fingerprint density at radius 1 is 1.11 bits per heavy atom. The summed E-state index contributed by atoms with van der Waals surface area (Å²) < 4.78 is 20.0. The summed E-state index contributed by atoms with van der Waals surface area (Å²) in [6, 6.07) is 12.1. The minimum atomic E-state index is -0.488. The van der Waals surface area contributed by atoms with E-state index in [1.165, 1.54) is 43.1 Å². The zero-order valence-electron chi connectivity index (χ0n) is 14.7. The van der Waals surface area contributed by atoms with Crippen molar-refractivity contribution in [1.29, 1.82) is 0 Å². The van der Waals surface area contributed by atoms with Crippen molar-refractivity contribution in [3.8, 4) is 11.4 Å². The van der Waals surface area contributed by atoms with E-state index < -0.39 is 11.7 Å². The van der Waals surface area contributed by atoms with Crippen molar-refractivity contribution in [3.05, 3.63) is 71.8 Å². The second-order valence-electron chi connectivity index (χ2n) is 5.57. The maximum atomic E-state index is 13.4. The minimum absolute atomic E-state index is 0.131. The molecule has 0 atom stereocenters. The fourth-order valence-corrected chi connectivity index (χ4v) is 2.49. The van der Waals surface area contributed by atoms with Crippen LogP contribution < -0.4 is 15.4 Å². The third-order valence-electron chi connectivity index (χ3n) is 3.83. The third-order valence-corrected chi connectivity index (χ3v) is 3.83. The molecule has 2 aromatic carbocycles. The van der Waals surface area contributed by atoms with Crippen molar-refractivity contribution in [2.45, 2.75) is 0 Å². The molecule has 0 saturated carbocycles. The molecule has 0 bridgehead atoms. The van der Waals surface area contributed by atoms with Crippen LogP contribution in [0.1, 0.15) is 20.8 Å². The molecule has 2 N–H and O–H groups in total. The van der Waals surface area contributed by atoms with Crippen molar-refractivity contribution >= 4 is 17.5 Å². The number of ether oxygens (including phenoxy) is 1. The number of hydrogen-bond acceptors (Lipinski definition) is 4. The Morgan fingerprint density at radius 2 is 1.93 bits per heavy atom. The average molecular weight is 368 g/mol. The van der Waals surface area contributed by atoms with Crippen molar-refractivity contribution in [2.24, 2.45) is 0 Å². The van der Waals surface area contributed by atoms with Crippen molar-refractivity contribution in [1.82, 2.24) is 15.1 Å². The first-order chi connectivity index (χ1) is 13.0. The molecule has 138 valence electrons. The molecule has 7 nitrogen and oxygen atoms in total. The van der Waals surface area contributed by atoms with Crippen molar-refractivity contribution in [2.75, 3.05) is 19.5 Å². The first-order valence-corrected chi connectivity index (χ1v) is 8.05. The molecule has 0 radical (unpaired) electrons. The van der Waals surface area contributed by atoms with Gasteiger partial charge in [-0.3, -0.25) is 9.59 Å². The number of methoxy groups -OCH3 is 1. The highest BCUT2D eigenvalue weighted by Gasteiger charge is 2.15. The molecular weight excluding hydrogens is 351 g/mol. The smallest absolute Gasteiger partial charge is 0.276 e. The number of rotatable bonds is 5. The van der Waals surface area contributed by atoms with E-state index in [9.17, 15) is 14.0 Å². The maximum Gasteiger partial charge on any atom is 0.276 e. The number of halogens is 1. The van der Waals surface area contributed by atoms with Crippen LogP contribution in [0.2, 0.25) is 0 Å². The van der Waals surface area contributed by atoms with Crippen LogP contribution in [0, 0.1) is 5.82 Å². The molecule has 0 fully saturated rings. The van der Waals surface area contributed by atoms with E-state index in [2.05, 4.69) is 15.7 Å². The first kappa shape index (κ1) is 18.1. The number of hydrogen-bond donors (Lipinski definition) is 2. The van der Waals surface area contributed by atoms with E-state index in [-0.39, 0.29) is 11.6 Å². The number of benzene rings is 2. The normalized spacial score (nSPS) is 10.3. The lowest BCUT2D eigenvalue weighted by Crippen LogP contribution is -2.19. The van der Waals surface area contributed by atoms with E-state index in [4.69, 9.17) is 4.74 Å². The lowest BCUT2D eigenvalue weighted by molar-refractivity contribution is 0.0961. The van der Waals surface area contributed by atoms with Gasteiger partial charge in [-0.25, -0.2) is 9.07 Å². The minimum Gasteiger partial charge on any atom is -0.495 e. The standard InChI is InChI=1S/C19H17FN4O3/c1-21-18(25)12-6-7-17(27-2)16(10-12)22-19(26)15-8-9-24(23-15)14-5-3-4-13(20)11-14/h3-11H,1-2H3,(H,21,25)(H,22,26). The third kappa shape index (κ3) is 3.95. The van der Waals surface area contributed by atoms with Gasteiger partial charge in [0.15, 0.2) is 5.69 Å². The van der Waals surface area contributed by atoms with Crippen LogP contribution in [-0.2, 0) is 0 Å². The maximum absolute atomic E-state index is 13.4. The SMILES string of the molecule is CNC(=O)c1ccc(OC)c(NC(=O)c2ccn(-c3cccc(F)c3)n2)c1. The Hall–Kier alpha value is -3.68. The molecule has 27 heavy (non-hydrogen) atoms. The number of amides is 2. The molecule has 1 aromatic heterocycles. The van der Waals surface area contributed by atoms with Gasteiger partial charge in [0.25, 0.3) is 11.8 Å². The zero-order chi connectivity index (χ0) is 19.4. The van der Waals surface area contributed by atoms with Crippen LogP contribution in [-0.4, -0.2) is 35.8 Å². The Labute approximate surface area is 154 Å². The molecule has 1 heterocycles. The van der Waals surface area contributed by atoms with Crippen molar-refractivity contribution in [3.63, 3.8) is 0 Å². The van der Waals surface area contributed by atoms with Gasteiger partial charge < -0.3 is 15.4 Å². The number of nitrogens with zero attached hydrogens (tertiary/aromatic N) is 2. The number of anilines is 1. The van der Waals surface area contributed by atoms with E-state index in [1.807, 2.05) is 0 Å². The summed E-state index contributed by atoms with van der Waals surface area (Å²) in [6.07, 6.45) is 1.56. The van der Waals surface area contributed by atoms with Crippen LogP contribution in [0.4, 0.5) is 10.1 Å². The highest BCUT2D eigenvalue weighted by atomic mass is 19.1. The van der Waals surface area contributed by atoms with E-state index in [1.54, 1.807) is 30.5 Å². The molecule has 8 heteroatoms. The Bertz CT molecular complexity index is 1000. The summed E-state index contributed by atoms with van der Waals surface area (Å²) in [5.74, 6) is -0.772. The molecule has 0 spiro atoms. The molecule has 3 rings (SSSR count). The average Bonchev–Trinajstić information content (AvgIpc) is 3.17. The molecule has 0 aliphatic rings. The molecule has 0 aliphatic carbocycles. The highest BCUT2D eigenvalue weighted by Crippen LogP contribution is 2.26. The van der Waals surface area contributed by atoms with Crippen molar-refractivity contribution < 1.29 is 18.7 Å². The van der Waals surface area contributed by atoms with E-state index >= 15 is 0 Å². The second kappa shape index (κ2) is 7.69. The molecular formula is C19H17FN4O3. The predicted molar refractivity (Wildman–Crippen MR) is 97.9 cm³/mol. The molecule has 0 unspecified atom stereocenters. The van der Waals surface area contributed by atoms with Gasteiger partial charge in [0.05, 0.1) is 18.5 Å². The van der Waals surface area contributed by atoms with Gasteiger partial charge in [-0.15, -0.1) is 0 Å². The first-order valence-electron chi connectivity index (χ1n) is 8.05. The number of carbonyl (C=O) groups is 2. The van der Waals surface area contributed by atoms with Gasteiger partial charge in [-0.05, 0) is 42.5 Å².